The maximum Gasteiger partial charge on any atom is 0.282 e. The van der Waals surface area contributed by atoms with Crippen LogP contribution in [0.15, 0.2) is 0 Å². The van der Waals surface area contributed by atoms with Crippen LogP contribution in [0.4, 0.5) is 0 Å². The number of amides is 1. The Bertz CT molecular complexity index is 528. The third-order valence-electron chi connectivity index (χ3n) is 5.05. The Morgan fingerprint density at radius 2 is 1.58 bits per heavy atom. The normalized spacial score (nSPS) is 22.1. The van der Waals surface area contributed by atoms with Gasteiger partial charge in [-0.3, -0.25) is 4.79 Å². The van der Waals surface area contributed by atoms with E-state index < -0.39 is 10.2 Å². The number of carbonyl (C=O) groups is 1. The molecule has 7 heteroatoms. The van der Waals surface area contributed by atoms with Gasteiger partial charge in [-0.2, -0.15) is 17.0 Å². The van der Waals surface area contributed by atoms with Gasteiger partial charge >= 0.3 is 0 Å². The fourth-order valence-electron chi connectivity index (χ4n) is 3.55. The molecule has 1 saturated heterocycles. The third kappa shape index (κ3) is 4.92. The summed E-state index contributed by atoms with van der Waals surface area (Å²) in [6.07, 6.45) is 5.85. The molecule has 1 heterocycles. The molecular weight excluding hydrogens is 326 g/mol. The minimum atomic E-state index is -3.42. The van der Waals surface area contributed by atoms with Crippen molar-refractivity contribution in [3.63, 3.8) is 0 Å². The molecule has 2 aliphatic rings. The first-order valence-electron chi connectivity index (χ1n) is 9.12. The summed E-state index contributed by atoms with van der Waals surface area (Å²) in [5.41, 5.74) is -0.0402. The van der Waals surface area contributed by atoms with E-state index in [1.54, 1.807) is 20.6 Å². The Hall–Kier alpha value is -0.660. The van der Waals surface area contributed by atoms with E-state index >= 15 is 0 Å². The molecule has 0 aromatic carbocycles. The summed E-state index contributed by atoms with van der Waals surface area (Å²) in [5, 5.41) is 0. The van der Waals surface area contributed by atoms with E-state index in [0.29, 0.717) is 32.6 Å². The zero-order valence-electron chi connectivity index (χ0n) is 15.6. The van der Waals surface area contributed by atoms with Gasteiger partial charge in [0, 0.05) is 45.7 Å². The van der Waals surface area contributed by atoms with Crippen LogP contribution in [0.2, 0.25) is 0 Å². The second-order valence-electron chi connectivity index (χ2n) is 8.33. The van der Waals surface area contributed by atoms with Crippen molar-refractivity contribution >= 4 is 16.1 Å². The van der Waals surface area contributed by atoms with Gasteiger partial charge in [0.1, 0.15) is 0 Å². The summed E-state index contributed by atoms with van der Waals surface area (Å²) in [6, 6.07) is 0.129. The summed E-state index contributed by atoms with van der Waals surface area (Å²) in [5.74, 6) is 0.125. The van der Waals surface area contributed by atoms with Crippen LogP contribution in [-0.4, -0.2) is 67.1 Å². The largest absolute Gasteiger partial charge is 0.340 e. The summed E-state index contributed by atoms with van der Waals surface area (Å²) in [6.45, 7) is 7.92. The fraction of sp³-hybridized carbons (Fsp3) is 0.941. The van der Waals surface area contributed by atoms with E-state index in [1.165, 1.54) is 6.42 Å². The van der Waals surface area contributed by atoms with Gasteiger partial charge in [-0.1, -0.05) is 40.0 Å². The third-order valence-corrected chi connectivity index (χ3v) is 7.10. The van der Waals surface area contributed by atoms with Gasteiger partial charge in [-0.25, -0.2) is 0 Å². The monoisotopic (exact) mass is 359 g/mol. The van der Waals surface area contributed by atoms with E-state index in [9.17, 15) is 13.2 Å². The molecular formula is C17H33N3O3S. The Morgan fingerprint density at radius 1 is 1.04 bits per heavy atom. The molecule has 0 bridgehead atoms. The average Bonchev–Trinajstić information content (AvgIpc) is 2.53. The lowest BCUT2D eigenvalue weighted by atomic mass is 9.91. The first-order chi connectivity index (χ1) is 11.1. The minimum Gasteiger partial charge on any atom is -0.340 e. The van der Waals surface area contributed by atoms with E-state index in [4.69, 9.17) is 0 Å². The van der Waals surface area contributed by atoms with E-state index in [2.05, 4.69) is 0 Å². The Labute approximate surface area is 147 Å². The van der Waals surface area contributed by atoms with E-state index in [1.807, 2.05) is 20.8 Å². The molecule has 0 unspecified atom stereocenters. The Kier molecular flexibility index (Phi) is 6.31. The predicted octanol–water partition coefficient (Wildman–Crippen LogP) is 2.08. The molecule has 0 spiro atoms. The molecule has 0 N–H and O–H groups in total. The maximum atomic E-state index is 12.8. The van der Waals surface area contributed by atoms with Gasteiger partial charge in [-0.15, -0.1) is 0 Å². The highest BCUT2D eigenvalue weighted by atomic mass is 32.2. The highest BCUT2D eigenvalue weighted by Crippen LogP contribution is 2.25. The second kappa shape index (κ2) is 7.70. The molecule has 1 amide bonds. The van der Waals surface area contributed by atoms with Crippen molar-refractivity contribution in [3.05, 3.63) is 0 Å². The van der Waals surface area contributed by atoms with Crippen LogP contribution >= 0.6 is 0 Å². The molecule has 0 atom stereocenters. The molecule has 0 aromatic heterocycles. The van der Waals surface area contributed by atoms with Crippen LogP contribution in [0, 0.1) is 5.41 Å². The van der Waals surface area contributed by atoms with Crippen LogP contribution in [0.1, 0.15) is 59.3 Å². The molecule has 1 aliphatic heterocycles. The van der Waals surface area contributed by atoms with Gasteiger partial charge in [0.25, 0.3) is 10.2 Å². The lowest BCUT2D eigenvalue weighted by Gasteiger charge is -2.39. The molecule has 24 heavy (non-hydrogen) atoms. The van der Waals surface area contributed by atoms with Crippen LogP contribution in [-0.2, 0) is 15.0 Å². The lowest BCUT2D eigenvalue weighted by molar-refractivity contribution is -0.134. The zero-order chi connectivity index (χ0) is 18.0. The molecule has 6 nitrogen and oxygen atoms in total. The van der Waals surface area contributed by atoms with Gasteiger partial charge in [0.15, 0.2) is 0 Å². The van der Waals surface area contributed by atoms with Crippen molar-refractivity contribution in [1.29, 1.82) is 0 Å². The highest BCUT2D eigenvalue weighted by Gasteiger charge is 2.35. The van der Waals surface area contributed by atoms with Crippen molar-refractivity contribution in [2.75, 3.05) is 33.2 Å². The molecule has 0 radical (unpaired) electrons. The topological polar surface area (TPSA) is 60.9 Å². The summed E-state index contributed by atoms with van der Waals surface area (Å²) in [7, 11) is -1.71. The van der Waals surface area contributed by atoms with Gasteiger partial charge < -0.3 is 4.90 Å². The molecule has 140 valence electrons. The first-order valence-corrected chi connectivity index (χ1v) is 10.5. The second-order valence-corrected chi connectivity index (χ2v) is 10.3. The van der Waals surface area contributed by atoms with Crippen molar-refractivity contribution < 1.29 is 13.2 Å². The van der Waals surface area contributed by atoms with Crippen LogP contribution in [0.3, 0.4) is 0 Å². The Morgan fingerprint density at radius 3 is 2.08 bits per heavy atom. The van der Waals surface area contributed by atoms with Crippen molar-refractivity contribution in [2.24, 2.45) is 5.41 Å². The number of hydrogen-bond donors (Lipinski definition) is 0. The Balaban J connectivity index is 1.91. The van der Waals surface area contributed by atoms with Gasteiger partial charge in [0.05, 0.1) is 0 Å². The van der Waals surface area contributed by atoms with Crippen molar-refractivity contribution in [1.82, 2.24) is 13.5 Å². The maximum absolute atomic E-state index is 12.8. The van der Waals surface area contributed by atoms with Crippen molar-refractivity contribution in [3.8, 4) is 0 Å². The molecule has 0 aromatic rings. The molecule has 1 aliphatic carbocycles. The predicted molar refractivity (Wildman–Crippen MR) is 95.8 cm³/mol. The molecule has 2 fully saturated rings. The van der Waals surface area contributed by atoms with E-state index in [-0.39, 0.29) is 17.4 Å². The number of piperazine rings is 1. The lowest BCUT2D eigenvalue weighted by Crippen LogP contribution is -2.55. The van der Waals surface area contributed by atoms with E-state index in [0.717, 1.165) is 25.7 Å². The van der Waals surface area contributed by atoms with Gasteiger partial charge in [0.2, 0.25) is 5.91 Å². The van der Waals surface area contributed by atoms with Gasteiger partial charge in [-0.05, 0) is 18.3 Å². The zero-order valence-corrected chi connectivity index (χ0v) is 16.4. The number of nitrogens with zero attached hydrogens (tertiary/aromatic N) is 3. The van der Waals surface area contributed by atoms with Crippen LogP contribution in [0.25, 0.3) is 0 Å². The average molecular weight is 360 g/mol. The fourth-order valence-corrected chi connectivity index (χ4v) is 5.13. The SMILES string of the molecule is CN(C1CCCCC1)S(=O)(=O)N1CCN(C(=O)CC(C)(C)C)CC1. The summed E-state index contributed by atoms with van der Waals surface area (Å²) >= 11 is 0. The standard InChI is InChI=1S/C17H33N3O3S/c1-17(2,3)14-16(21)19-10-12-20(13-11-19)24(22,23)18(4)15-8-6-5-7-9-15/h15H,5-14H2,1-4H3. The number of carbonyl (C=O) groups excluding carboxylic acids is 1. The summed E-state index contributed by atoms with van der Waals surface area (Å²) < 4.78 is 28.8. The van der Waals surface area contributed by atoms with Crippen molar-refractivity contribution in [2.45, 2.75) is 65.3 Å². The molecule has 2 rings (SSSR count). The quantitative estimate of drug-likeness (QED) is 0.772. The van der Waals surface area contributed by atoms with Crippen LogP contribution in [0.5, 0.6) is 0 Å². The smallest absolute Gasteiger partial charge is 0.282 e. The first kappa shape index (κ1) is 19.7. The molecule has 1 saturated carbocycles. The number of rotatable bonds is 4. The highest BCUT2D eigenvalue weighted by molar-refractivity contribution is 7.86. The van der Waals surface area contributed by atoms with Crippen LogP contribution < -0.4 is 0 Å². The summed E-state index contributed by atoms with van der Waals surface area (Å²) in [4.78, 5) is 14.1. The number of hydrogen-bond acceptors (Lipinski definition) is 3. The minimum absolute atomic E-state index is 0.0402.